The van der Waals surface area contributed by atoms with Gasteiger partial charge in [-0.2, -0.15) is 17.9 Å². The van der Waals surface area contributed by atoms with Gasteiger partial charge in [-0.15, -0.1) is 10.2 Å². The number of aromatic nitrogens is 2. The zero-order chi connectivity index (χ0) is 22.6. The van der Waals surface area contributed by atoms with E-state index < -0.39 is 38.3 Å². The molecule has 1 unspecified atom stereocenters. The molecule has 0 aliphatic rings. The molecule has 0 fully saturated rings. The van der Waals surface area contributed by atoms with E-state index in [0.29, 0.717) is 10.0 Å². The number of halogens is 4. The minimum atomic E-state index is -4.70. The van der Waals surface area contributed by atoms with Gasteiger partial charge in [-0.05, 0) is 36.2 Å². The third-order valence-electron chi connectivity index (χ3n) is 3.92. The van der Waals surface area contributed by atoms with E-state index in [9.17, 15) is 26.4 Å². The fourth-order valence-electron chi connectivity index (χ4n) is 2.49. The Morgan fingerprint density at radius 1 is 1.06 bits per heavy atom. The van der Waals surface area contributed by atoms with Crippen LogP contribution in [0.2, 0.25) is 0 Å². The average molecular weight is 535 g/mol. The van der Waals surface area contributed by atoms with Crippen LogP contribution in [0.3, 0.4) is 0 Å². The molecule has 0 saturated carbocycles. The van der Waals surface area contributed by atoms with Gasteiger partial charge in [0.2, 0.25) is 26.1 Å². The fourth-order valence-corrected chi connectivity index (χ4v) is 4.56. The highest BCUT2D eigenvalue weighted by molar-refractivity contribution is 9.10. The van der Waals surface area contributed by atoms with Crippen LogP contribution in [-0.2, 0) is 27.4 Å². The van der Waals surface area contributed by atoms with Gasteiger partial charge >= 0.3 is 6.18 Å². The topological polar surface area (TPSA) is 101 Å². The van der Waals surface area contributed by atoms with Crippen LogP contribution in [0.4, 0.5) is 18.3 Å². The van der Waals surface area contributed by atoms with Gasteiger partial charge in [0.15, 0.2) is 0 Å². The van der Waals surface area contributed by atoms with Crippen molar-refractivity contribution >= 4 is 48.3 Å². The normalized spacial score (nSPS) is 13.0. The molecule has 1 atom stereocenters. The molecule has 0 bridgehead atoms. The summed E-state index contributed by atoms with van der Waals surface area (Å²) >= 11 is 3.36. The van der Waals surface area contributed by atoms with Gasteiger partial charge < -0.3 is 0 Å². The number of hydrogen-bond acceptors (Lipinski definition) is 6. The molecule has 164 valence electrons. The molecule has 2 aromatic carbocycles. The lowest BCUT2D eigenvalue weighted by Crippen LogP contribution is -2.45. The molecule has 3 rings (SSSR count). The average Bonchev–Trinajstić information content (AvgIpc) is 3.17. The Morgan fingerprint density at radius 2 is 1.71 bits per heavy atom. The highest BCUT2D eigenvalue weighted by Crippen LogP contribution is 2.33. The summed E-state index contributed by atoms with van der Waals surface area (Å²) in [6.07, 6.45) is -4.74. The van der Waals surface area contributed by atoms with Gasteiger partial charge in [0, 0.05) is 4.47 Å². The van der Waals surface area contributed by atoms with Crippen molar-refractivity contribution in [2.45, 2.75) is 23.5 Å². The summed E-state index contributed by atoms with van der Waals surface area (Å²) in [6.45, 7) is 0. The predicted octanol–water partition coefficient (Wildman–Crippen LogP) is 3.85. The quantitative estimate of drug-likeness (QED) is 0.479. The molecule has 3 aromatic rings. The summed E-state index contributed by atoms with van der Waals surface area (Å²) in [5.74, 6) is -0.866. The lowest BCUT2D eigenvalue weighted by atomic mass is 10.1. The van der Waals surface area contributed by atoms with Crippen molar-refractivity contribution in [1.29, 1.82) is 0 Å². The zero-order valence-electron chi connectivity index (χ0n) is 15.4. The number of carbonyl (C=O) groups excluding carboxylic acids is 1. The maximum atomic E-state index is 12.8. The van der Waals surface area contributed by atoms with Gasteiger partial charge in [0.05, 0.1) is 4.90 Å². The second kappa shape index (κ2) is 9.42. The summed E-state index contributed by atoms with van der Waals surface area (Å²) in [5.41, 5.74) is 0.648. The predicted molar refractivity (Wildman–Crippen MR) is 112 cm³/mol. The Kier molecular flexibility index (Phi) is 7.09. The molecule has 7 nitrogen and oxygen atoms in total. The summed E-state index contributed by atoms with van der Waals surface area (Å²) in [4.78, 5) is 12.7. The van der Waals surface area contributed by atoms with Crippen LogP contribution in [0, 0.1) is 0 Å². The molecular formula is C18H14BrF3N4O3S2. The summed E-state index contributed by atoms with van der Waals surface area (Å²) < 4.78 is 66.7. The minimum absolute atomic E-state index is 0.0344. The lowest BCUT2D eigenvalue weighted by molar-refractivity contribution is -0.138. The SMILES string of the molecule is O=C(Nc1nnc(C(F)(F)F)s1)C(Cc1ccccc1)NS(=O)(=O)c1ccc(Br)cc1. The van der Waals surface area contributed by atoms with E-state index in [1.165, 1.54) is 24.3 Å². The van der Waals surface area contributed by atoms with Gasteiger partial charge in [-0.3, -0.25) is 10.1 Å². The van der Waals surface area contributed by atoms with Crippen molar-refractivity contribution in [2.24, 2.45) is 0 Å². The number of nitrogens with one attached hydrogen (secondary N) is 2. The Labute approximate surface area is 187 Å². The van der Waals surface area contributed by atoms with E-state index in [2.05, 4.69) is 36.2 Å². The van der Waals surface area contributed by atoms with Gasteiger partial charge in [0.25, 0.3) is 0 Å². The summed E-state index contributed by atoms with van der Waals surface area (Å²) in [7, 11) is -4.10. The molecule has 0 spiro atoms. The molecule has 1 amide bonds. The standard InChI is InChI=1S/C18H14BrF3N4O3S2/c19-12-6-8-13(9-7-12)31(28,29)26-14(10-11-4-2-1-3-5-11)15(27)23-17-25-24-16(30-17)18(20,21)22/h1-9,14,26H,10H2,(H,23,25,27). The second-order valence-corrected chi connectivity index (χ2v) is 9.82. The number of anilines is 1. The molecule has 0 aliphatic carbocycles. The van der Waals surface area contributed by atoms with Crippen LogP contribution in [0.25, 0.3) is 0 Å². The van der Waals surface area contributed by atoms with Gasteiger partial charge in [-0.1, -0.05) is 57.6 Å². The number of benzene rings is 2. The Hall–Kier alpha value is -2.35. The van der Waals surface area contributed by atoms with E-state index in [1.54, 1.807) is 30.3 Å². The molecule has 0 radical (unpaired) electrons. The van der Waals surface area contributed by atoms with E-state index in [1.807, 2.05) is 0 Å². The largest absolute Gasteiger partial charge is 0.445 e. The van der Waals surface area contributed by atoms with E-state index in [4.69, 9.17) is 0 Å². The molecule has 1 heterocycles. The molecule has 1 aromatic heterocycles. The van der Waals surface area contributed by atoms with Gasteiger partial charge in [0.1, 0.15) is 6.04 Å². The van der Waals surface area contributed by atoms with E-state index >= 15 is 0 Å². The molecule has 13 heteroatoms. The number of alkyl halides is 3. The van der Waals surface area contributed by atoms with Crippen molar-refractivity contribution < 1.29 is 26.4 Å². The van der Waals surface area contributed by atoms with E-state index in [0.717, 1.165) is 0 Å². The first-order valence-corrected chi connectivity index (χ1v) is 11.7. The summed E-state index contributed by atoms with van der Waals surface area (Å²) in [5, 5.41) is 6.91. The number of rotatable bonds is 7. The van der Waals surface area contributed by atoms with Crippen LogP contribution >= 0.6 is 27.3 Å². The first-order valence-electron chi connectivity index (χ1n) is 8.58. The maximum Gasteiger partial charge on any atom is 0.445 e. The Balaban J connectivity index is 1.84. The monoisotopic (exact) mass is 534 g/mol. The highest BCUT2D eigenvalue weighted by atomic mass is 79.9. The molecular weight excluding hydrogens is 521 g/mol. The highest BCUT2D eigenvalue weighted by Gasteiger charge is 2.36. The van der Waals surface area contributed by atoms with Gasteiger partial charge in [-0.25, -0.2) is 8.42 Å². The van der Waals surface area contributed by atoms with Crippen LogP contribution in [-0.4, -0.2) is 30.6 Å². The lowest BCUT2D eigenvalue weighted by Gasteiger charge is -2.18. The van der Waals surface area contributed by atoms with E-state index in [-0.39, 0.29) is 22.7 Å². The van der Waals surface area contributed by atoms with Crippen LogP contribution in [0.15, 0.2) is 64.0 Å². The smallest absolute Gasteiger partial charge is 0.299 e. The minimum Gasteiger partial charge on any atom is -0.299 e. The molecule has 2 N–H and O–H groups in total. The molecule has 0 saturated heterocycles. The molecule has 0 aliphatic heterocycles. The van der Waals surface area contributed by atoms with Crippen LogP contribution < -0.4 is 10.0 Å². The third-order valence-corrected chi connectivity index (χ3v) is 6.82. The van der Waals surface area contributed by atoms with Crippen molar-refractivity contribution in [3.05, 3.63) is 69.6 Å². The van der Waals surface area contributed by atoms with Crippen molar-refractivity contribution in [3.8, 4) is 0 Å². The van der Waals surface area contributed by atoms with Crippen molar-refractivity contribution in [1.82, 2.24) is 14.9 Å². The zero-order valence-corrected chi connectivity index (χ0v) is 18.6. The number of sulfonamides is 1. The van der Waals surface area contributed by atoms with Crippen molar-refractivity contribution in [2.75, 3.05) is 5.32 Å². The number of nitrogens with zero attached hydrogens (tertiary/aromatic N) is 2. The maximum absolute atomic E-state index is 12.8. The number of carbonyl (C=O) groups is 1. The third kappa shape index (κ3) is 6.32. The Morgan fingerprint density at radius 3 is 2.29 bits per heavy atom. The Bertz CT molecular complexity index is 1150. The molecule has 31 heavy (non-hydrogen) atoms. The first-order chi connectivity index (χ1) is 14.5. The fraction of sp³-hybridized carbons (Fsp3) is 0.167. The number of amides is 1. The number of hydrogen-bond donors (Lipinski definition) is 2. The van der Waals surface area contributed by atoms with Crippen LogP contribution in [0.1, 0.15) is 10.6 Å². The second-order valence-electron chi connectivity index (χ2n) is 6.22. The summed E-state index contributed by atoms with van der Waals surface area (Å²) in [6, 6.07) is 13.0. The first kappa shape index (κ1) is 23.3. The van der Waals surface area contributed by atoms with Crippen LogP contribution in [0.5, 0.6) is 0 Å². The van der Waals surface area contributed by atoms with Crippen molar-refractivity contribution in [3.63, 3.8) is 0 Å².